The first-order valence-corrected chi connectivity index (χ1v) is 6.56. The van der Waals surface area contributed by atoms with Crippen LogP contribution in [0.3, 0.4) is 0 Å². The fourth-order valence-corrected chi connectivity index (χ4v) is 2.31. The maximum Gasteiger partial charge on any atom is 0.410 e. The van der Waals surface area contributed by atoms with Gasteiger partial charge >= 0.3 is 6.09 Å². The van der Waals surface area contributed by atoms with Gasteiger partial charge in [0.1, 0.15) is 5.60 Å². The largest absolute Gasteiger partial charge is 0.444 e. The van der Waals surface area contributed by atoms with E-state index in [1.807, 2.05) is 34.9 Å². The van der Waals surface area contributed by atoms with Crippen LogP contribution in [0.2, 0.25) is 0 Å². The van der Waals surface area contributed by atoms with Gasteiger partial charge in [-0.15, -0.1) is 0 Å². The second-order valence-corrected chi connectivity index (χ2v) is 6.33. The molecule has 5 nitrogen and oxygen atoms in total. The van der Waals surface area contributed by atoms with Gasteiger partial charge in [-0.05, 0) is 47.7 Å². The first-order valence-electron chi connectivity index (χ1n) is 6.56. The number of hydrogen-bond donors (Lipinski definition) is 1. The summed E-state index contributed by atoms with van der Waals surface area (Å²) in [7, 11) is 4.04. The lowest BCUT2D eigenvalue weighted by Gasteiger charge is -2.46. The van der Waals surface area contributed by atoms with E-state index in [0.717, 1.165) is 19.4 Å². The van der Waals surface area contributed by atoms with E-state index in [9.17, 15) is 4.79 Å². The highest BCUT2D eigenvalue weighted by Gasteiger charge is 2.39. The Kier molecular flexibility index (Phi) is 4.61. The van der Waals surface area contributed by atoms with Crippen molar-refractivity contribution in [1.82, 2.24) is 9.80 Å². The molecule has 5 heteroatoms. The van der Waals surface area contributed by atoms with Crippen molar-refractivity contribution in [3.05, 3.63) is 0 Å². The molecule has 1 rings (SSSR count). The van der Waals surface area contributed by atoms with E-state index in [-0.39, 0.29) is 11.6 Å². The zero-order chi connectivity index (χ0) is 14.0. The molecule has 18 heavy (non-hydrogen) atoms. The number of likely N-dealkylation sites (tertiary alicyclic amines) is 1. The second kappa shape index (κ2) is 5.45. The second-order valence-electron chi connectivity index (χ2n) is 6.33. The summed E-state index contributed by atoms with van der Waals surface area (Å²) < 4.78 is 5.42. The average molecular weight is 257 g/mol. The molecule has 1 atom stereocenters. The minimum Gasteiger partial charge on any atom is -0.444 e. The van der Waals surface area contributed by atoms with Gasteiger partial charge in [0.25, 0.3) is 0 Å². The lowest BCUT2D eigenvalue weighted by molar-refractivity contribution is -0.00240. The molecular weight excluding hydrogens is 230 g/mol. The molecule has 0 radical (unpaired) electrons. The van der Waals surface area contributed by atoms with Crippen LogP contribution < -0.4 is 5.73 Å². The number of ether oxygens (including phenoxy) is 1. The van der Waals surface area contributed by atoms with Crippen molar-refractivity contribution in [3.8, 4) is 0 Å². The lowest BCUT2D eigenvalue weighted by atomic mass is 9.88. The third kappa shape index (κ3) is 3.59. The van der Waals surface area contributed by atoms with Crippen LogP contribution in [-0.2, 0) is 4.74 Å². The molecule has 2 N–H and O–H groups in total. The number of rotatable bonds is 2. The van der Waals surface area contributed by atoms with Gasteiger partial charge in [-0.25, -0.2) is 4.79 Å². The van der Waals surface area contributed by atoms with Gasteiger partial charge in [0.15, 0.2) is 0 Å². The molecule has 1 aliphatic heterocycles. The molecule has 1 fully saturated rings. The van der Waals surface area contributed by atoms with Crippen LogP contribution in [0.4, 0.5) is 4.79 Å². The van der Waals surface area contributed by atoms with Crippen molar-refractivity contribution in [2.24, 2.45) is 5.73 Å². The van der Waals surface area contributed by atoms with E-state index in [1.54, 1.807) is 4.90 Å². The summed E-state index contributed by atoms with van der Waals surface area (Å²) in [5.41, 5.74) is 5.35. The minimum absolute atomic E-state index is 0.116. The average Bonchev–Trinajstić information content (AvgIpc) is 2.26. The highest BCUT2D eigenvalue weighted by atomic mass is 16.6. The molecule has 0 bridgehead atoms. The maximum atomic E-state index is 12.1. The van der Waals surface area contributed by atoms with E-state index in [1.165, 1.54) is 0 Å². The van der Waals surface area contributed by atoms with Gasteiger partial charge in [-0.2, -0.15) is 0 Å². The third-order valence-corrected chi connectivity index (χ3v) is 3.54. The Labute approximate surface area is 110 Å². The fourth-order valence-electron chi connectivity index (χ4n) is 2.31. The number of carbonyl (C=O) groups is 1. The highest BCUT2D eigenvalue weighted by Crippen LogP contribution is 2.26. The van der Waals surface area contributed by atoms with Crippen LogP contribution >= 0.6 is 0 Å². The molecule has 1 unspecified atom stereocenters. The Hall–Kier alpha value is -0.810. The van der Waals surface area contributed by atoms with E-state index < -0.39 is 5.60 Å². The molecule has 0 spiro atoms. The molecule has 0 aliphatic carbocycles. The Bertz CT molecular complexity index is 299. The summed E-state index contributed by atoms with van der Waals surface area (Å²) in [5, 5.41) is 0. The van der Waals surface area contributed by atoms with Gasteiger partial charge in [0.2, 0.25) is 0 Å². The van der Waals surface area contributed by atoms with Crippen LogP contribution in [0, 0.1) is 0 Å². The summed E-state index contributed by atoms with van der Waals surface area (Å²) in [4.78, 5) is 16.0. The molecule has 1 saturated heterocycles. The van der Waals surface area contributed by atoms with Crippen molar-refractivity contribution < 1.29 is 9.53 Å². The number of nitrogens with zero attached hydrogens (tertiary/aromatic N) is 2. The molecular formula is C13H27N3O2. The van der Waals surface area contributed by atoms with Crippen LogP contribution in [-0.4, -0.2) is 60.8 Å². The van der Waals surface area contributed by atoms with Crippen LogP contribution in [0.25, 0.3) is 0 Å². The van der Waals surface area contributed by atoms with Crippen molar-refractivity contribution in [1.29, 1.82) is 0 Å². The summed E-state index contributed by atoms with van der Waals surface area (Å²) in [6, 6.07) is 0. The van der Waals surface area contributed by atoms with E-state index >= 15 is 0 Å². The van der Waals surface area contributed by atoms with Crippen LogP contribution in [0.1, 0.15) is 33.6 Å². The standard InChI is InChI=1S/C13H27N3O2/c1-12(2,3)18-11(17)16-8-6-7-13(9-14,10-16)15(4)5/h6-10,14H2,1-5H3. The summed E-state index contributed by atoms with van der Waals surface area (Å²) in [5.74, 6) is 0. The van der Waals surface area contributed by atoms with Gasteiger partial charge in [-0.1, -0.05) is 0 Å². The van der Waals surface area contributed by atoms with Gasteiger partial charge < -0.3 is 20.3 Å². The monoisotopic (exact) mass is 257 g/mol. The van der Waals surface area contributed by atoms with E-state index in [4.69, 9.17) is 10.5 Å². The Balaban J connectivity index is 2.72. The molecule has 1 heterocycles. The molecule has 0 aromatic rings. The third-order valence-electron chi connectivity index (χ3n) is 3.54. The predicted octanol–water partition coefficient (Wildman–Crippen LogP) is 1.28. The van der Waals surface area contributed by atoms with Crippen molar-refractivity contribution in [2.45, 2.75) is 44.8 Å². The fraction of sp³-hybridized carbons (Fsp3) is 0.923. The summed E-state index contributed by atoms with van der Waals surface area (Å²) in [6.45, 7) is 7.61. The highest BCUT2D eigenvalue weighted by molar-refractivity contribution is 5.68. The van der Waals surface area contributed by atoms with Crippen molar-refractivity contribution >= 4 is 6.09 Å². The van der Waals surface area contributed by atoms with Gasteiger partial charge in [0, 0.05) is 19.6 Å². The number of nitrogens with two attached hydrogens (primary N) is 1. The molecule has 0 saturated carbocycles. The first kappa shape index (κ1) is 15.2. The molecule has 0 aromatic heterocycles. The molecule has 106 valence electrons. The van der Waals surface area contributed by atoms with Crippen LogP contribution in [0.15, 0.2) is 0 Å². The van der Waals surface area contributed by atoms with E-state index in [2.05, 4.69) is 4.90 Å². The quantitative estimate of drug-likeness (QED) is 0.809. The Morgan fingerprint density at radius 1 is 1.44 bits per heavy atom. The lowest BCUT2D eigenvalue weighted by Crippen LogP contribution is -2.61. The summed E-state index contributed by atoms with van der Waals surface area (Å²) >= 11 is 0. The topological polar surface area (TPSA) is 58.8 Å². The number of piperidine rings is 1. The maximum absolute atomic E-state index is 12.1. The molecule has 0 aromatic carbocycles. The SMILES string of the molecule is CN(C)C1(CN)CCCN(C(=O)OC(C)(C)C)C1. The van der Waals surface area contributed by atoms with Crippen molar-refractivity contribution in [3.63, 3.8) is 0 Å². The zero-order valence-corrected chi connectivity index (χ0v) is 12.3. The van der Waals surface area contributed by atoms with Crippen molar-refractivity contribution in [2.75, 3.05) is 33.7 Å². The summed E-state index contributed by atoms with van der Waals surface area (Å²) in [6.07, 6.45) is 1.76. The predicted molar refractivity (Wildman–Crippen MR) is 72.5 cm³/mol. The molecule has 1 aliphatic rings. The van der Waals surface area contributed by atoms with Gasteiger partial charge in [-0.3, -0.25) is 0 Å². The van der Waals surface area contributed by atoms with Gasteiger partial charge in [0.05, 0.1) is 5.54 Å². The zero-order valence-electron chi connectivity index (χ0n) is 12.3. The number of hydrogen-bond acceptors (Lipinski definition) is 4. The number of amides is 1. The molecule has 1 amide bonds. The number of likely N-dealkylation sites (N-methyl/N-ethyl adjacent to an activating group) is 1. The number of carbonyl (C=O) groups excluding carboxylic acids is 1. The Morgan fingerprint density at radius 2 is 2.06 bits per heavy atom. The van der Waals surface area contributed by atoms with Crippen LogP contribution in [0.5, 0.6) is 0 Å². The normalized spacial score (nSPS) is 25.4. The smallest absolute Gasteiger partial charge is 0.410 e. The van der Waals surface area contributed by atoms with E-state index in [0.29, 0.717) is 13.1 Å². The first-order chi connectivity index (χ1) is 8.20. The minimum atomic E-state index is -0.446. The Morgan fingerprint density at radius 3 is 2.50 bits per heavy atom.